The predicted octanol–water partition coefficient (Wildman–Crippen LogP) is 3.03. The molecule has 5 heteroatoms. The van der Waals surface area contributed by atoms with E-state index in [4.69, 9.17) is 12.2 Å². The molecule has 0 amide bonds. The lowest BCUT2D eigenvalue weighted by atomic mass is 10.1. The van der Waals surface area contributed by atoms with Crippen molar-refractivity contribution in [2.45, 2.75) is 26.8 Å². The Labute approximate surface area is 105 Å². The van der Waals surface area contributed by atoms with Crippen LogP contribution in [0.5, 0.6) is 5.75 Å². The normalized spacial score (nSPS) is 10.7. The van der Waals surface area contributed by atoms with Crippen molar-refractivity contribution in [3.63, 3.8) is 0 Å². The summed E-state index contributed by atoms with van der Waals surface area (Å²) in [4.78, 5) is 0. The minimum absolute atomic E-state index is 0.277. The van der Waals surface area contributed by atoms with Crippen molar-refractivity contribution >= 4 is 12.2 Å². The lowest BCUT2D eigenvalue weighted by Gasteiger charge is -2.08. The van der Waals surface area contributed by atoms with Crippen molar-refractivity contribution in [2.24, 2.45) is 0 Å². The Morgan fingerprint density at radius 2 is 2.24 bits per heavy atom. The number of aromatic nitrogens is 3. The summed E-state index contributed by atoms with van der Waals surface area (Å²) in [6, 6.07) is 5.42. The SMILES string of the molecule is CCCn1c(-c2cccc(O)c2C)n[nH]c1=S. The van der Waals surface area contributed by atoms with Crippen LogP contribution in [0.25, 0.3) is 11.4 Å². The van der Waals surface area contributed by atoms with Crippen LogP contribution in [0.1, 0.15) is 18.9 Å². The number of rotatable bonds is 3. The standard InChI is InChI=1S/C12H15N3OS/c1-3-7-15-11(13-14-12(15)17)9-5-4-6-10(16)8(9)2/h4-6,16H,3,7H2,1-2H3,(H,14,17). The summed E-state index contributed by atoms with van der Waals surface area (Å²) in [6.45, 7) is 4.78. The highest BCUT2D eigenvalue weighted by atomic mass is 32.1. The summed E-state index contributed by atoms with van der Waals surface area (Å²) >= 11 is 5.20. The van der Waals surface area contributed by atoms with E-state index in [-0.39, 0.29) is 5.75 Å². The van der Waals surface area contributed by atoms with Gasteiger partial charge < -0.3 is 9.67 Å². The van der Waals surface area contributed by atoms with Crippen molar-refractivity contribution in [3.8, 4) is 17.1 Å². The van der Waals surface area contributed by atoms with Crippen LogP contribution in [0.2, 0.25) is 0 Å². The molecule has 4 nitrogen and oxygen atoms in total. The highest BCUT2D eigenvalue weighted by Gasteiger charge is 2.12. The van der Waals surface area contributed by atoms with Gasteiger partial charge in [-0.25, -0.2) is 0 Å². The number of phenols is 1. The summed E-state index contributed by atoms with van der Waals surface area (Å²) in [7, 11) is 0. The summed E-state index contributed by atoms with van der Waals surface area (Å²) < 4.78 is 2.57. The maximum atomic E-state index is 9.72. The molecule has 0 radical (unpaired) electrons. The summed E-state index contributed by atoms with van der Waals surface area (Å²) in [5, 5.41) is 16.8. The minimum Gasteiger partial charge on any atom is -0.508 e. The number of phenolic OH excluding ortho intramolecular Hbond substituents is 1. The third-order valence-corrected chi connectivity index (χ3v) is 3.06. The molecule has 2 N–H and O–H groups in total. The van der Waals surface area contributed by atoms with Crippen molar-refractivity contribution < 1.29 is 5.11 Å². The molecule has 0 unspecified atom stereocenters. The molecule has 1 aromatic carbocycles. The molecule has 0 saturated carbocycles. The Bertz CT molecular complexity index is 586. The number of nitrogens with zero attached hydrogens (tertiary/aromatic N) is 2. The Morgan fingerprint density at radius 1 is 1.47 bits per heavy atom. The van der Waals surface area contributed by atoms with Crippen LogP contribution in [0.4, 0.5) is 0 Å². The van der Waals surface area contributed by atoms with Gasteiger partial charge in [-0.1, -0.05) is 19.1 Å². The van der Waals surface area contributed by atoms with Crippen molar-refractivity contribution in [1.29, 1.82) is 0 Å². The van der Waals surface area contributed by atoms with E-state index >= 15 is 0 Å². The fraction of sp³-hybridized carbons (Fsp3) is 0.333. The van der Waals surface area contributed by atoms with Crippen LogP contribution < -0.4 is 0 Å². The second kappa shape index (κ2) is 4.71. The monoisotopic (exact) mass is 249 g/mol. The van der Waals surface area contributed by atoms with E-state index in [0.29, 0.717) is 4.77 Å². The van der Waals surface area contributed by atoms with Gasteiger partial charge in [-0.15, -0.1) is 0 Å². The van der Waals surface area contributed by atoms with Crippen LogP contribution in [0.3, 0.4) is 0 Å². The summed E-state index contributed by atoms with van der Waals surface area (Å²) in [6.07, 6.45) is 0.985. The lowest BCUT2D eigenvalue weighted by Crippen LogP contribution is -2.00. The smallest absolute Gasteiger partial charge is 0.195 e. The molecular weight excluding hydrogens is 234 g/mol. The first-order valence-electron chi connectivity index (χ1n) is 5.59. The molecule has 2 rings (SSSR count). The molecule has 2 aromatic rings. The van der Waals surface area contributed by atoms with Crippen LogP contribution in [-0.4, -0.2) is 19.9 Å². The first kappa shape index (κ1) is 11.9. The highest BCUT2D eigenvalue weighted by Crippen LogP contribution is 2.27. The number of nitrogens with one attached hydrogen (secondary N) is 1. The molecule has 0 aliphatic rings. The van der Waals surface area contributed by atoms with Gasteiger partial charge in [-0.2, -0.15) is 5.10 Å². The first-order chi connectivity index (χ1) is 8.15. The Morgan fingerprint density at radius 3 is 2.94 bits per heavy atom. The highest BCUT2D eigenvalue weighted by molar-refractivity contribution is 7.71. The average molecular weight is 249 g/mol. The van der Waals surface area contributed by atoms with E-state index in [1.165, 1.54) is 0 Å². The van der Waals surface area contributed by atoms with Gasteiger partial charge in [-0.3, -0.25) is 5.10 Å². The van der Waals surface area contributed by atoms with Crippen LogP contribution >= 0.6 is 12.2 Å². The quantitative estimate of drug-likeness (QED) is 0.822. The maximum Gasteiger partial charge on any atom is 0.195 e. The van der Waals surface area contributed by atoms with Crippen molar-refractivity contribution in [3.05, 3.63) is 28.5 Å². The molecule has 0 atom stereocenters. The number of H-pyrrole nitrogens is 1. The maximum absolute atomic E-state index is 9.72. The lowest BCUT2D eigenvalue weighted by molar-refractivity contribution is 0.471. The van der Waals surface area contributed by atoms with Gasteiger partial charge >= 0.3 is 0 Å². The summed E-state index contributed by atoms with van der Waals surface area (Å²) in [5.41, 5.74) is 1.73. The summed E-state index contributed by atoms with van der Waals surface area (Å²) in [5.74, 6) is 1.06. The predicted molar refractivity (Wildman–Crippen MR) is 69.5 cm³/mol. The molecule has 0 aliphatic carbocycles. The van der Waals surface area contributed by atoms with Gasteiger partial charge in [0.2, 0.25) is 0 Å². The van der Waals surface area contributed by atoms with Crippen molar-refractivity contribution in [1.82, 2.24) is 14.8 Å². The number of aromatic hydroxyl groups is 1. The Balaban J connectivity index is 2.60. The third-order valence-electron chi connectivity index (χ3n) is 2.75. The van der Waals surface area contributed by atoms with Gasteiger partial charge in [-0.05, 0) is 31.6 Å². The zero-order valence-corrected chi connectivity index (χ0v) is 10.7. The number of hydrogen-bond donors (Lipinski definition) is 2. The second-order valence-electron chi connectivity index (χ2n) is 3.95. The number of benzene rings is 1. The average Bonchev–Trinajstić information content (AvgIpc) is 2.66. The minimum atomic E-state index is 0.277. The third kappa shape index (κ3) is 2.10. The molecule has 1 heterocycles. The van der Waals surface area contributed by atoms with Gasteiger partial charge in [0.1, 0.15) is 5.75 Å². The fourth-order valence-corrected chi connectivity index (χ4v) is 2.04. The van der Waals surface area contributed by atoms with E-state index in [9.17, 15) is 5.11 Å². The first-order valence-corrected chi connectivity index (χ1v) is 6.00. The Kier molecular flexibility index (Phi) is 3.28. The molecule has 90 valence electrons. The van der Waals surface area contributed by atoms with E-state index in [1.54, 1.807) is 6.07 Å². The van der Waals surface area contributed by atoms with Gasteiger partial charge in [0, 0.05) is 17.7 Å². The zero-order valence-electron chi connectivity index (χ0n) is 9.90. The van der Waals surface area contributed by atoms with Gasteiger partial charge in [0.05, 0.1) is 0 Å². The van der Waals surface area contributed by atoms with Gasteiger partial charge in [0.25, 0.3) is 0 Å². The molecule has 0 bridgehead atoms. The molecule has 1 aromatic heterocycles. The zero-order chi connectivity index (χ0) is 12.4. The molecule has 0 saturated heterocycles. The van der Waals surface area contributed by atoms with Crippen LogP contribution in [-0.2, 0) is 6.54 Å². The molecule has 0 aliphatic heterocycles. The number of aromatic amines is 1. The molecule has 0 spiro atoms. The van der Waals surface area contributed by atoms with Crippen molar-refractivity contribution in [2.75, 3.05) is 0 Å². The van der Waals surface area contributed by atoms with E-state index < -0.39 is 0 Å². The second-order valence-corrected chi connectivity index (χ2v) is 4.34. The van der Waals surface area contributed by atoms with E-state index in [2.05, 4.69) is 17.1 Å². The molecule has 0 fully saturated rings. The van der Waals surface area contributed by atoms with Crippen LogP contribution in [0.15, 0.2) is 18.2 Å². The molecular formula is C12H15N3OS. The number of hydrogen-bond acceptors (Lipinski definition) is 3. The topological polar surface area (TPSA) is 53.8 Å². The fourth-order valence-electron chi connectivity index (χ4n) is 1.82. The van der Waals surface area contributed by atoms with E-state index in [1.807, 2.05) is 23.6 Å². The van der Waals surface area contributed by atoms with Gasteiger partial charge in [0.15, 0.2) is 10.6 Å². The molecule has 17 heavy (non-hydrogen) atoms. The largest absolute Gasteiger partial charge is 0.508 e. The van der Waals surface area contributed by atoms with E-state index in [0.717, 1.165) is 29.9 Å². The Hall–Kier alpha value is -1.62. The van der Waals surface area contributed by atoms with Crippen LogP contribution in [0, 0.1) is 11.7 Å².